The molecule has 20 heavy (non-hydrogen) atoms. The lowest BCUT2D eigenvalue weighted by molar-refractivity contribution is 0.378. The fourth-order valence-corrected chi connectivity index (χ4v) is 3.38. The second-order valence-corrected chi connectivity index (χ2v) is 5.51. The van der Waals surface area contributed by atoms with Gasteiger partial charge in [-0.3, -0.25) is 5.43 Å². The number of methoxy groups -OCH3 is 1. The van der Waals surface area contributed by atoms with Gasteiger partial charge in [0.15, 0.2) is 0 Å². The average molecular weight is 292 g/mol. The van der Waals surface area contributed by atoms with Gasteiger partial charge in [-0.05, 0) is 30.4 Å². The van der Waals surface area contributed by atoms with Crippen LogP contribution in [0.4, 0.5) is 11.9 Å². The molecule has 1 atom stereocenters. The number of nitrogens with one attached hydrogen (secondary N) is 1. The molecule has 3 rings (SSSR count). The maximum absolute atomic E-state index is 5.39. The summed E-state index contributed by atoms with van der Waals surface area (Å²) in [5.41, 5.74) is 3.78. The van der Waals surface area contributed by atoms with Crippen molar-refractivity contribution in [2.75, 3.05) is 24.0 Å². The zero-order valence-electron chi connectivity index (χ0n) is 11.3. The second-order valence-electron chi connectivity index (χ2n) is 4.51. The van der Waals surface area contributed by atoms with Crippen molar-refractivity contribution < 1.29 is 4.74 Å². The molecule has 3 heterocycles. The molecule has 106 valence electrons. The van der Waals surface area contributed by atoms with Gasteiger partial charge in [-0.1, -0.05) is 0 Å². The monoisotopic (exact) mass is 292 g/mol. The fourth-order valence-electron chi connectivity index (χ4n) is 2.41. The quantitative estimate of drug-likeness (QED) is 0.652. The summed E-state index contributed by atoms with van der Waals surface area (Å²) in [6, 6.07) is 2.64. The molecule has 0 fully saturated rings. The van der Waals surface area contributed by atoms with E-state index in [-0.39, 0.29) is 12.1 Å². The number of hydrogen-bond donors (Lipinski definition) is 2. The average Bonchev–Trinajstić information content (AvgIpc) is 2.96. The SMILES string of the molecule is COc1nc(NN)nc(N2CCc3sccc3C2C)n1. The molecule has 1 aliphatic rings. The van der Waals surface area contributed by atoms with Gasteiger partial charge in [-0.15, -0.1) is 11.3 Å². The molecule has 8 heteroatoms. The van der Waals surface area contributed by atoms with E-state index in [2.05, 4.69) is 43.6 Å². The highest BCUT2D eigenvalue weighted by Crippen LogP contribution is 2.35. The maximum Gasteiger partial charge on any atom is 0.322 e. The second kappa shape index (κ2) is 5.22. The van der Waals surface area contributed by atoms with Crippen LogP contribution in [0.2, 0.25) is 0 Å². The van der Waals surface area contributed by atoms with Crippen molar-refractivity contribution in [3.63, 3.8) is 0 Å². The number of rotatable bonds is 3. The molecule has 0 bridgehead atoms. The highest BCUT2D eigenvalue weighted by Gasteiger charge is 2.27. The third-order valence-electron chi connectivity index (χ3n) is 3.45. The predicted molar refractivity (Wildman–Crippen MR) is 78.0 cm³/mol. The van der Waals surface area contributed by atoms with Crippen molar-refractivity contribution in [3.8, 4) is 6.01 Å². The Labute approximate surface area is 120 Å². The van der Waals surface area contributed by atoms with Gasteiger partial charge >= 0.3 is 6.01 Å². The Hall–Kier alpha value is -1.93. The van der Waals surface area contributed by atoms with Gasteiger partial charge in [0, 0.05) is 11.4 Å². The molecule has 0 spiro atoms. The Morgan fingerprint density at radius 1 is 1.45 bits per heavy atom. The molecule has 0 aromatic carbocycles. The number of nitrogens with zero attached hydrogens (tertiary/aromatic N) is 4. The predicted octanol–water partition coefficient (Wildman–Crippen LogP) is 1.35. The molecule has 0 radical (unpaired) electrons. The summed E-state index contributed by atoms with van der Waals surface area (Å²) in [5.74, 6) is 6.27. The minimum absolute atomic E-state index is 0.225. The van der Waals surface area contributed by atoms with Crippen molar-refractivity contribution in [2.24, 2.45) is 5.84 Å². The third-order valence-corrected chi connectivity index (χ3v) is 4.45. The lowest BCUT2D eigenvalue weighted by Gasteiger charge is -2.33. The number of ether oxygens (including phenoxy) is 1. The van der Waals surface area contributed by atoms with E-state index in [0.717, 1.165) is 13.0 Å². The molecule has 3 N–H and O–H groups in total. The number of hydrogen-bond acceptors (Lipinski definition) is 8. The van der Waals surface area contributed by atoms with E-state index in [1.165, 1.54) is 17.6 Å². The fraction of sp³-hybridized carbons (Fsp3) is 0.417. The number of anilines is 2. The van der Waals surface area contributed by atoms with E-state index in [4.69, 9.17) is 10.6 Å². The summed E-state index contributed by atoms with van der Waals surface area (Å²) < 4.78 is 5.10. The van der Waals surface area contributed by atoms with E-state index in [0.29, 0.717) is 11.9 Å². The number of thiophene rings is 1. The summed E-state index contributed by atoms with van der Waals surface area (Å²) in [5, 5.41) is 2.13. The lowest BCUT2D eigenvalue weighted by Crippen LogP contribution is -2.34. The molecular formula is C12H16N6OS. The Balaban J connectivity index is 1.97. The third kappa shape index (κ3) is 2.16. The van der Waals surface area contributed by atoms with E-state index in [9.17, 15) is 0 Å². The number of aromatic nitrogens is 3. The summed E-state index contributed by atoms with van der Waals surface area (Å²) in [4.78, 5) is 16.2. The van der Waals surface area contributed by atoms with E-state index in [1.807, 2.05) is 0 Å². The zero-order valence-corrected chi connectivity index (χ0v) is 12.1. The standard InChI is InChI=1S/C12H16N6OS/c1-7-8-4-6-20-9(8)3-5-18(7)11-14-10(17-13)15-12(16-11)19-2/h4,6-7H,3,5,13H2,1-2H3,(H,14,15,16,17). The Morgan fingerprint density at radius 2 is 2.30 bits per heavy atom. The van der Waals surface area contributed by atoms with Gasteiger partial charge < -0.3 is 9.64 Å². The number of hydrazine groups is 1. The molecule has 0 amide bonds. The Morgan fingerprint density at radius 3 is 3.05 bits per heavy atom. The molecule has 2 aromatic heterocycles. The zero-order chi connectivity index (χ0) is 14.1. The van der Waals surface area contributed by atoms with Crippen molar-refractivity contribution >= 4 is 23.2 Å². The van der Waals surface area contributed by atoms with Crippen LogP contribution < -0.4 is 20.9 Å². The summed E-state index contributed by atoms with van der Waals surface area (Å²) in [6.07, 6.45) is 0.997. The van der Waals surface area contributed by atoms with Crippen LogP contribution in [0, 0.1) is 0 Å². The number of nitrogens with two attached hydrogens (primary N) is 1. The molecule has 2 aromatic rings. The van der Waals surface area contributed by atoms with Crippen LogP contribution in [0.5, 0.6) is 6.01 Å². The highest BCUT2D eigenvalue weighted by atomic mass is 32.1. The van der Waals surface area contributed by atoms with Gasteiger partial charge in [-0.2, -0.15) is 15.0 Å². The van der Waals surface area contributed by atoms with Crippen molar-refractivity contribution in [3.05, 3.63) is 21.9 Å². The topological polar surface area (TPSA) is 89.2 Å². The molecule has 1 aliphatic heterocycles. The van der Waals surface area contributed by atoms with Crippen molar-refractivity contribution in [2.45, 2.75) is 19.4 Å². The van der Waals surface area contributed by atoms with Crippen LogP contribution in [-0.2, 0) is 6.42 Å². The molecule has 1 unspecified atom stereocenters. The maximum atomic E-state index is 5.39. The summed E-state index contributed by atoms with van der Waals surface area (Å²) in [6.45, 7) is 3.02. The first kappa shape index (κ1) is 13.1. The molecule has 0 aliphatic carbocycles. The first-order valence-electron chi connectivity index (χ1n) is 6.32. The van der Waals surface area contributed by atoms with Gasteiger partial charge in [0.25, 0.3) is 0 Å². The van der Waals surface area contributed by atoms with Crippen LogP contribution in [0.15, 0.2) is 11.4 Å². The molecule has 0 saturated heterocycles. The normalized spacial score (nSPS) is 17.8. The van der Waals surface area contributed by atoms with Gasteiger partial charge in [-0.25, -0.2) is 5.84 Å². The minimum Gasteiger partial charge on any atom is -0.467 e. The van der Waals surface area contributed by atoms with E-state index < -0.39 is 0 Å². The highest BCUT2D eigenvalue weighted by molar-refractivity contribution is 7.10. The van der Waals surface area contributed by atoms with Gasteiger partial charge in [0.05, 0.1) is 13.2 Å². The van der Waals surface area contributed by atoms with Crippen LogP contribution >= 0.6 is 11.3 Å². The lowest BCUT2D eigenvalue weighted by atomic mass is 10.0. The Bertz CT molecular complexity index is 593. The van der Waals surface area contributed by atoms with Crippen molar-refractivity contribution in [1.82, 2.24) is 15.0 Å². The minimum atomic E-state index is 0.225. The van der Waals surface area contributed by atoms with E-state index >= 15 is 0 Å². The van der Waals surface area contributed by atoms with Crippen LogP contribution in [0.25, 0.3) is 0 Å². The smallest absolute Gasteiger partial charge is 0.322 e. The van der Waals surface area contributed by atoms with E-state index in [1.54, 1.807) is 11.3 Å². The first-order valence-corrected chi connectivity index (χ1v) is 7.20. The van der Waals surface area contributed by atoms with Gasteiger partial charge in [0.1, 0.15) is 0 Å². The first-order chi connectivity index (χ1) is 9.72. The van der Waals surface area contributed by atoms with Gasteiger partial charge in [0.2, 0.25) is 11.9 Å². The molecular weight excluding hydrogens is 276 g/mol. The van der Waals surface area contributed by atoms with Crippen molar-refractivity contribution in [1.29, 1.82) is 0 Å². The van der Waals surface area contributed by atoms with Crippen LogP contribution in [-0.4, -0.2) is 28.6 Å². The molecule has 0 saturated carbocycles. The van der Waals surface area contributed by atoms with Crippen LogP contribution in [0.1, 0.15) is 23.4 Å². The summed E-state index contributed by atoms with van der Waals surface area (Å²) >= 11 is 1.80. The largest absolute Gasteiger partial charge is 0.467 e. The Kier molecular flexibility index (Phi) is 3.41. The van der Waals surface area contributed by atoms with Crippen LogP contribution in [0.3, 0.4) is 0 Å². The molecule has 7 nitrogen and oxygen atoms in total. The number of fused-ring (bicyclic) bond motifs is 1. The summed E-state index contributed by atoms with van der Waals surface area (Å²) in [7, 11) is 1.52. The number of nitrogen functional groups attached to an aromatic ring is 1.